The zero-order chi connectivity index (χ0) is 10.1. The Morgan fingerprint density at radius 1 is 1.64 bits per heavy atom. The smallest absolute Gasteiger partial charge is 0.306 e. The lowest BCUT2D eigenvalue weighted by molar-refractivity contribution is -0.143. The lowest BCUT2D eigenvalue weighted by atomic mass is 9.84. The summed E-state index contributed by atoms with van der Waals surface area (Å²) >= 11 is 0. The van der Waals surface area contributed by atoms with E-state index < -0.39 is 5.97 Å². The molecule has 14 heavy (non-hydrogen) atoms. The highest BCUT2D eigenvalue weighted by Crippen LogP contribution is 2.32. The Bertz CT molecular complexity index is 275. The summed E-state index contributed by atoms with van der Waals surface area (Å²) in [6.07, 6.45) is 3.04. The van der Waals surface area contributed by atoms with E-state index in [0.717, 1.165) is 25.2 Å². The van der Waals surface area contributed by atoms with E-state index in [1.54, 1.807) is 0 Å². The molecule has 1 heterocycles. The number of carboxylic acid groups (broad SMARTS) is 1. The second kappa shape index (κ2) is 3.59. The van der Waals surface area contributed by atoms with Gasteiger partial charge in [0, 0.05) is 6.42 Å². The summed E-state index contributed by atoms with van der Waals surface area (Å²) in [5.41, 5.74) is 0. The standard InChI is InChI=1S/C10H15NO3/c1-2-9-11-7-4-3-6(10(12)13)5-8(7)14-9/h6-8H,2-5H2,1H3,(H,12,13). The van der Waals surface area contributed by atoms with Crippen LogP contribution in [0.2, 0.25) is 0 Å². The second-order valence-corrected chi connectivity index (χ2v) is 3.95. The Labute approximate surface area is 83.0 Å². The molecule has 4 nitrogen and oxygen atoms in total. The third-order valence-corrected chi connectivity index (χ3v) is 3.01. The first-order valence-electron chi connectivity index (χ1n) is 5.17. The van der Waals surface area contributed by atoms with Gasteiger partial charge < -0.3 is 9.84 Å². The van der Waals surface area contributed by atoms with Crippen LogP contribution in [0.1, 0.15) is 32.6 Å². The van der Waals surface area contributed by atoms with Crippen LogP contribution in [-0.4, -0.2) is 29.1 Å². The fourth-order valence-corrected chi connectivity index (χ4v) is 2.18. The van der Waals surface area contributed by atoms with Crippen molar-refractivity contribution >= 4 is 11.9 Å². The van der Waals surface area contributed by atoms with Crippen LogP contribution in [0.5, 0.6) is 0 Å². The van der Waals surface area contributed by atoms with Gasteiger partial charge in [0.2, 0.25) is 0 Å². The molecule has 0 aromatic heterocycles. The van der Waals surface area contributed by atoms with Crippen LogP contribution in [0, 0.1) is 5.92 Å². The molecule has 2 rings (SSSR count). The van der Waals surface area contributed by atoms with Crippen molar-refractivity contribution in [3.05, 3.63) is 0 Å². The Hall–Kier alpha value is -1.06. The monoisotopic (exact) mass is 197 g/mol. The molecular weight excluding hydrogens is 182 g/mol. The van der Waals surface area contributed by atoms with Gasteiger partial charge in [-0.15, -0.1) is 0 Å². The topological polar surface area (TPSA) is 58.9 Å². The van der Waals surface area contributed by atoms with Crippen molar-refractivity contribution in [3.8, 4) is 0 Å². The van der Waals surface area contributed by atoms with Gasteiger partial charge in [0.15, 0.2) is 5.90 Å². The number of hydrogen-bond donors (Lipinski definition) is 1. The largest absolute Gasteiger partial charge is 0.481 e. The highest BCUT2D eigenvalue weighted by molar-refractivity contribution is 5.78. The van der Waals surface area contributed by atoms with E-state index in [-0.39, 0.29) is 18.1 Å². The van der Waals surface area contributed by atoms with Crippen molar-refractivity contribution in [3.63, 3.8) is 0 Å². The molecule has 1 aliphatic carbocycles. The normalized spacial score (nSPS) is 35.8. The number of aliphatic imine (C=N–C) groups is 1. The number of rotatable bonds is 2. The molecule has 0 radical (unpaired) electrons. The number of ether oxygens (including phenoxy) is 1. The van der Waals surface area contributed by atoms with Gasteiger partial charge in [0.1, 0.15) is 6.10 Å². The molecule has 3 unspecified atom stereocenters. The molecule has 78 valence electrons. The van der Waals surface area contributed by atoms with Crippen LogP contribution in [0.4, 0.5) is 0 Å². The first kappa shape index (κ1) is 9.49. The predicted octanol–water partition coefficient (Wildman–Crippen LogP) is 1.45. The Morgan fingerprint density at radius 2 is 2.43 bits per heavy atom. The van der Waals surface area contributed by atoms with Gasteiger partial charge in [-0.3, -0.25) is 4.79 Å². The number of fused-ring (bicyclic) bond motifs is 1. The SMILES string of the molecule is CCC1=NC2CCC(C(=O)O)CC2O1. The highest BCUT2D eigenvalue weighted by Gasteiger charge is 2.38. The molecular formula is C10H15NO3. The minimum absolute atomic E-state index is 0.0276. The maximum absolute atomic E-state index is 10.8. The lowest BCUT2D eigenvalue weighted by Crippen LogP contribution is -2.34. The van der Waals surface area contributed by atoms with Crippen molar-refractivity contribution in [2.24, 2.45) is 10.9 Å². The zero-order valence-corrected chi connectivity index (χ0v) is 8.27. The van der Waals surface area contributed by atoms with Gasteiger partial charge in [-0.05, 0) is 19.3 Å². The molecule has 1 fully saturated rings. The number of carbonyl (C=O) groups is 1. The summed E-state index contributed by atoms with van der Waals surface area (Å²) < 4.78 is 5.58. The molecule has 1 aliphatic heterocycles. The molecule has 2 aliphatic rings. The number of hydrogen-bond acceptors (Lipinski definition) is 3. The molecule has 4 heteroatoms. The molecule has 0 aromatic rings. The Balaban J connectivity index is 1.99. The van der Waals surface area contributed by atoms with Crippen molar-refractivity contribution in [1.82, 2.24) is 0 Å². The van der Waals surface area contributed by atoms with Crippen molar-refractivity contribution in [2.75, 3.05) is 0 Å². The molecule has 3 atom stereocenters. The van der Waals surface area contributed by atoms with Gasteiger partial charge in [0.05, 0.1) is 12.0 Å². The highest BCUT2D eigenvalue weighted by atomic mass is 16.5. The maximum Gasteiger partial charge on any atom is 0.306 e. The fraction of sp³-hybridized carbons (Fsp3) is 0.800. The van der Waals surface area contributed by atoms with Gasteiger partial charge >= 0.3 is 5.97 Å². The van der Waals surface area contributed by atoms with E-state index in [4.69, 9.17) is 9.84 Å². The predicted molar refractivity (Wildman–Crippen MR) is 51.4 cm³/mol. The summed E-state index contributed by atoms with van der Waals surface area (Å²) in [5.74, 6) is -0.134. The molecule has 0 amide bonds. The number of nitrogens with zero attached hydrogens (tertiary/aromatic N) is 1. The average Bonchev–Trinajstić information content (AvgIpc) is 2.58. The third kappa shape index (κ3) is 1.61. The third-order valence-electron chi connectivity index (χ3n) is 3.01. The van der Waals surface area contributed by atoms with Crippen LogP contribution < -0.4 is 0 Å². The van der Waals surface area contributed by atoms with Crippen LogP contribution in [0.25, 0.3) is 0 Å². The number of aliphatic carboxylic acids is 1. The molecule has 0 aromatic carbocycles. The van der Waals surface area contributed by atoms with E-state index in [9.17, 15) is 4.79 Å². The summed E-state index contributed by atoms with van der Waals surface area (Å²) in [4.78, 5) is 15.2. The molecule has 0 spiro atoms. The first-order valence-corrected chi connectivity index (χ1v) is 5.17. The maximum atomic E-state index is 10.8. The number of carboxylic acids is 1. The van der Waals surface area contributed by atoms with Crippen LogP contribution in [0.15, 0.2) is 4.99 Å². The fourth-order valence-electron chi connectivity index (χ4n) is 2.18. The van der Waals surface area contributed by atoms with E-state index in [1.807, 2.05) is 6.92 Å². The van der Waals surface area contributed by atoms with E-state index in [0.29, 0.717) is 6.42 Å². The van der Waals surface area contributed by atoms with Crippen molar-refractivity contribution in [1.29, 1.82) is 0 Å². The summed E-state index contributed by atoms with van der Waals surface area (Å²) in [5, 5.41) is 8.89. The zero-order valence-electron chi connectivity index (χ0n) is 8.27. The summed E-state index contributed by atoms with van der Waals surface area (Å²) in [6.45, 7) is 2.00. The quantitative estimate of drug-likeness (QED) is 0.728. The molecule has 0 bridgehead atoms. The van der Waals surface area contributed by atoms with Gasteiger partial charge in [0.25, 0.3) is 0 Å². The van der Waals surface area contributed by atoms with Crippen molar-refractivity contribution in [2.45, 2.75) is 44.8 Å². The minimum atomic E-state index is -0.697. The van der Waals surface area contributed by atoms with Crippen LogP contribution in [0.3, 0.4) is 0 Å². The second-order valence-electron chi connectivity index (χ2n) is 3.95. The molecule has 1 N–H and O–H groups in total. The van der Waals surface area contributed by atoms with Crippen molar-refractivity contribution < 1.29 is 14.6 Å². The summed E-state index contributed by atoms with van der Waals surface area (Å²) in [6, 6.07) is 0.223. The first-order chi connectivity index (χ1) is 6.70. The van der Waals surface area contributed by atoms with Gasteiger partial charge in [-0.2, -0.15) is 0 Å². The Morgan fingerprint density at radius 3 is 3.07 bits per heavy atom. The lowest BCUT2D eigenvalue weighted by Gasteiger charge is -2.26. The van der Waals surface area contributed by atoms with Gasteiger partial charge in [-0.1, -0.05) is 6.92 Å². The summed E-state index contributed by atoms with van der Waals surface area (Å²) in [7, 11) is 0. The van der Waals surface area contributed by atoms with E-state index in [2.05, 4.69) is 4.99 Å². The van der Waals surface area contributed by atoms with Gasteiger partial charge in [-0.25, -0.2) is 4.99 Å². The van der Waals surface area contributed by atoms with Crippen LogP contribution in [-0.2, 0) is 9.53 Å². The van der Waals surface area contributed by atoms with E-state index in [1.165, 1.54) is 0 Å². The average molecular weight is 197 g/mol. The molecule has 0 saturated heterocycles. The van der Waals surface area contributed by atoms with E-state index >= 15 is 0 Å². The minimum Gasteiger partial charge on any atom is -0.481 e. The Kier molecular flexibility index (Phi) is 2.44. The van der Waals surface area contributed by atoms with Crippen LogP contribution >= 0.6 is 0 Å². The molecule has 1 saturated carbocycles.